The molecule has 0 saturated heterocycles. The monoisotopic (exact) mass is 340 g/mol. The second kappa shape index (κ2) is 12.5. The zero-order valence-corrected chi connectivity index (χ0v) is 15.6. The number of unbranched alkanes of at least 4 members (excludes halogenated alkanes) is 5. The van der Waals surface area contributed by atoms with Crippen molar-refractivity contribution in [3.8, 4) is 0 Å². The number of hydrogen-bond acceptors (Lipinski definition) is 4. The maximum atomic E-state index is 12.1. The zero-order chi connectivity index (χ0) is 17.8. The number of hydrogen-bond donors (Lipinski definition) is 1. The van der Waals surface area contributed by atoms with Crippen LogP contribution in [0.4, 0.5) is 0 Å². The highest BCUT2D eigenvalue weighted by Crippen LogP contribution is 2.36. The average Bonchev–Trinajstić information content (AvgIpc) is 2.92. The number of carbonyl (C=O) groups excluding carboxylic acids is 2. The Bertz CT molecular complexity index is 367. The van der Waals surface area contributed by atoms with Crippen LogP contribution < -0.4 is 0 Å². The van der Waals surface area contributed by atoms with E-state index in [1.807, 2.05) is 6.92 Å². The molecular formula is C20H36O4. The summed E-state index contributed by atoms with van der Waals surface area (Å²) in [6.45, 7) is 4.44. The van der Waals surface area contributed by atoms with Gasteiger partial charge in [0.25, 0.3) is 0 Å². The van der Waals surface area contributed by atoms with E-state index >= 15 is 0 Å². The first-order valence-electron chi connectivity index (χ1n) is 9.96. The molecule has 0 amide bonds. The van der Waals surface area contributed by atoms with Gasteiger partial charge in [0.15, 0.2) is 0 Å². The van der Waals surface area contributed by atoms with Gasteiger partial charge >= 0.3 is 5.97 Å². The minimum Gasteiger partial charge on any atom is -0.466 e. The number of ketones is 1. The topological polar surface area (TPSA) is 63.6 Å². The van der Waals surface area contributed by atoms with E-state index in [1.165, 1.54) is 19.3 Å². The molecule has 0 aromatic rings. The van der Waals surface area contributed by atoms with E-state index in [9.17, 15) is 14.7 Å². The van der Waals surface area contributed by atoms with Gasteiger partial charge in [0.2, 0.25) is 0 Å². The molecule has 1 fully saturated rings. The summed E-state index contributed by atoms with van der Waals surface area (Å²) in [4.78, 5) is 23.4. The van der Waals surface area contributed by atoms with Crippen LogP contribution in [0.2, 0.25) is 0 Å². The molecule has 0 aromatic heterocycles. The predicted octanol–water partition coefficient (Wildman–Crippen LogP) is 4.43. The minimum absolute atomic E-state index is 0.0359. The van der Waals surface area contributed by atoms with Gasteiger partial charge in [-0.15, -0.1) is 0 Å². The van der Waals surface area contributed by atoms with E-state index < -0.39 is 0 Å². The van der Waals surface area contributed by atoms with Crippen molar-refractivity contribution in [1.82, 2.24) is 0 Å². The van der Waals surface area contributed by atoms with Crippen molar-refractivity contribution in [1.29, 1.82) is 0 Å². The van der Waals surface area contributed by atoms with Crippen molar-refractivity contribution in [3.05, 3.63) is 0 Å². The van der Waals surface area contributed by atoms with Crippen molar-refractivity contribution in [2.45, 2.75) is 97.0 Å². The fourth-order valence-corrected chi connectivity index (χ4v) is 3.81. The van der Waals surface area contributed by atoms with E-state index in [0.717, 1.165) is 44.9 Å². The van der Waals surface area contributed by atoms with Crippen molar-refractivity contribution >= 4 is 11.8 Å². The third-order valence-corrected chi connectivity index (χ3v) is 5.20. The quantitative estimate of drug-likeness (QED) is 0.398. The Morgan fingerprint density at radius 3 is 2.62 bits per heavy atom. The Balaban J connectivity index is 2.25. The third-order valence-electron chi connectivity index (χ3n) is 5.20. The fraction of sp³-hybridized carbons (Fsp3) is 0.900. The summed E-state index contributed by atoms with van der Waals surface area (Å²) >= 11 is 0. The molecule has 1 N–H and O–H groups in total. The number of Topliss-reactive ketones (excluding diaryl/α,β-unsaturated/α-hetero) is 1. The molecule has 4 heteroatoms. The van der Waals surface area contributed by atoms with Gasteiger partial charge in [0.05, 0.1) is 12.7 Å². The van der Waals surface area contributed by atoms with E-state index in [-0.39, 0.29) is 23.9 Å². The molecule has 1 saturated carbocycles. The highest BCUT2D eigenvalue weighted by molar-refractivity contribution is 5.83. The predicted molar refractivity (Wildman–Crippen MR) is 95.7 cm³/mol. The second-order valence-corrected chi connectivity index (χ2v) is 7.10. The average molecular weight is 341 g/mol. The van der Waals surface area contributed by atoms with E-state index in [1.54, 1.807) is 0 Å². The lowest BCUT2D eigenvalue weighted by atomic mass is 9.84. The molecule has 3 atom stereocenters. The first kappa shape index (κ1) is 21.1. The van der Waals surface area contributed by atoms with Crippen molar-refractivity contribution in [2.24, 2.45) is 11.8 Å². The molecule has 0 heterocycles. The maximum Gasteiger partial charge on any atom is 0.305 e. The zero-order valence-electron chi connectivity index (χ0n) is 15.6. The number of aliphatic hydroxyl groups excluding tert-OH is 1. The minimum atomic E-state index is -0.321. The molecule has 0 bridgehead atoms. The van der Waals surface area contributed by atoms with Gasteiger partial charge in [0, 0.05) is 18.8 Å². The molecule has 3 unspecified atom stereocenters. The largest absolute Gasteiger partial charge is 0.466 e. The van der Waals surface area contributed by atoms with E-state index in [2.05, 4.69) is 6.92 Å². The first-order valence-corrected chi connectivity index (χ1v) is 9.96. The molecule has 0 radical (unpaired) electrons. The summed E-state index contributed by atoms with van der Waals surface area (Å²) in [5.41, 5.74) is 0. The molecule has 1 rings (SSSR count). The smallest absolute Gasteiger partial charge is 0.305 e. The number of esters is 1. The van der Waals surface area contributed by atoms with Crippen LogP contribution in [0, 0.1) is 11.8 Å². The molecule has 140 valence electrons. The normalized spacial score (nSPS) is 21.9. The summed E-state index contributed by atoms with van der Waals surface area (Å²) in [6, 6.07) is 0. The molecule has 4 nitrogen and oxygen atoms in total. The summed E-state index contributed by atoms with van der Waals surface area (Å²) in [5.74, 6) is 0.394. The molecular weight excluding hydrogens is 304 g/mol. The Hall–Kier alpha value is -0.900. The third kappa shape index (κ3) is 7.78. The lowest BCUT2D eigenvalue weighted by molar-refractivity contribution is -0.143. The van der Waals surface area contributed by atoms with Gasteiger partial charge in [-0.3, -0.25) is 9.59 Å². The van der Waals surface area contributed by atoms with Crippen LogP contribution >= 0.6 is 0 Å². The van der Waals surface area contributed by atoms with Crippen LogP contribution in [0.15, 0.2) is 0 Å². The summed E-state index contributed by atoms with van der Waals surface area (Å²) in [5, 5.41) is 10.5. The van der Waals surface area contributed by atoms with Gasteiger partial charge < -0.3 is 9.84 Å². The van der Waals surface area contributed by atoms with Crippen molar-refractivity contribution in [3.63, 3.8) is 0 Å². The van der Waals surface area contributed by atoms with E-state index in [0.29, 0.717) is 25.2 Å². The molecule has 1 aliphatic rings. The Kier molecular flexibility index (Phi) is 11.0. The molecule has 24 heavy (non-hydrogen) atoms. The summed E-state index contributed by atoms with van der Waals surface area (Å²) < 4.78 is 4.92. The van der Waals surface area contributed by atoms with Gasteiger partial charge in [-0.2, -0.15) is 0 Å². The van der Waals surface area contributed by atoms with Crippen LogP contribution in [0.3, 0.4) is 0 Å². The summed E-state index contributed by atoms with van der Waals surface area (Å²) in [6.07, 6.45) is 10.7. The molecule has 1 aliphatic carbocycles. The fourth-order valence-electron chi connectivity index (χ4n) is 3.81. The number of carbonyl (C=O) groups is 2. The van der Waals surface area contributed by atoms with Gasteiger partial charge in [0.1, 0.15) is 5.78 Å². The molecule has 0 spiro atoms. The summed E-state index contributed by atoms with van der Waals surface area (Å²) in [7, 11) is 0. The number of rotatable bonds is 13. The standard InChI is InChI=1S/C20H36O4/c1-3-5-6-9-12-18(21)17-14-15-19(22)16(17)11-8-7-10-13-20(23)24-4-2/h16-18,21H,3-15H2,1-2H3. The number of ether oxygens (including phenoxy) is 1. The first-order chi connectivity index (χ1) is 11.6. The van der Waals surface area contributed by atoms with Crippen molar-refractivity contribution in [2.75, 3.05) is 6.61 Å². The van der Waals surface area contributed by atoms with Crippen molar-refractivity contribution < 1.29 is 19.4 Å². The Morgan fingerprint density at radius 2 is 1.92 bits per heavy atom. The lowest BCUT2D eigenvalue weighted by Crippen LogP contribution is -2.26. The SMILES string of the molecule is CCCCCCC(O)C1CCC(=O)C1CCCCCC(=O)OCC. The maximum absolute atomic E-state index is 12.1. The van der Waals surface area contributed by atoms with Crippen LogP contribution in [-0.4, -0.2) is 29.6 Å². The van der Waals surface area contributed by atoms with Crippen LogP contribution in [0.1, 0.15) is 90.9 Å². The van der Waals surface area contributed by atoms with Gasteiger partial charge in [-0.1, -0.05) is 45.4 Å². The Morgan fingerprint density at radius 1 is 1.17 bits per heavy atom. The lowest BCUT2D eigenvalue weighted by Gasteiger charge is -2.24. The van der Waals surface area contributed by atoms with Gasteiger partial charge in [-0.05, 0) is 38.5 Å². The number of aliphatic hydroxyl groups is 1. The molecule has 0 aliphatic heterocycles. The van der Waals surface area contributed by atoms with Crippen LogP contribution in [-0.2, 0) is 14.3 Å². The van der Waals surface area contributed by atoms with Crippen LogP contribution in [0.25, 0.3) is 0 Å². The Labute approximate surface area is 147 Å². The van der Waals surface area contributed by atoms with Crippen LogP contribution in [0.5, 0.6) is 0 Å². The molecule has 0 aromatic carbocycles. The second-order valence-electron chi connectivity index (χ2n) is 7.10. The van der Waals surface area contributed by atoms with E-state index in [4.69, 9.17) is 4.74 Å². The highest BCUT2D eigenvalue weighted by atomic mass is 16.5. The van der Waals surface area contributed by atoms with Gasteiger partial charge in [-0.25, -0.2) is 0 Å². The highest BCUT2D eigenvalue weighted by Gasteiger charge is 2.37.